The number of aliphatic hydroxyl groups is 2. The quantitative estimate of drug-likeness (QED) is 0.0320. The van der Waals surface area contributed by atoms with Crippen LogP contribution in [0.5, 0.6) is 0 Å². The van der Waals surface area contributed by atoms with Gasteiger partial charge in [0.2, 0.25) is 5.91 Å². The third-order valence-corrected chi connectivity index (χ3v) is 18.6. The number of nitrogens with one attached hydrogen (secondary N) is 1. The van der Waals surface area contributed by atoms with Crippen LogP contribution in [0.4, 0.5) is 0 Å². The van der Waals surface area contributed by atoms with Gasteiger partial charge in [-0.2, -0.15) is 0 Å². The first kappa shape index (κ1) is 82.6. The lowest BCUT2D eigenvalue weighted by Crippen LogP contribution is -2.45. The summed E-state index contributed by atoms with van der Waals surface area (Å²) in [6, 6.07) is -0.544. The van der Waals surface area contributed by atoms with Crippen molar-refractivity contribution in [3.63, 3.8) is 0 Å². The van der Waals surface area contributed by atoms with Crippen LogP contribution in [0.2, 0.25) is 0 Å². The molecule has 0 aromatic carbocycles. The number of esters is 1. The van der Waals surface area contributed by atoms with Gasteiger partial charge in [-0.25, -0.2) is 0 Å². The van der Waals surface area contributed by atoms with Gasteiger partial charge < -0.3 is 20.3 Å². The fourth-order valence-electron chi connectivity index (χ4n) is 12.6. The van der Waals surface area contributed by atoms with E-state index >= 15 is 0 Å². The molecule has 1 amide bonds. The van der Waals surface area contributed by atoms with Crippen LogP contribution in [0.15, 0.2) is 12.2 Å². The van der Waals surface area contributed by atoms with Gasteiger partial charge >= 0.3 is 5.97 Å². The first-order valence-electron chi connectivity index (χ1n) is 38.9. The molecule has 500 valence electrons. The van der Waals surface area contributed by atoms with Gasteiger partial charge in [-0.15, -0.1) is 0 Å². The van der Waals surface area contributed by atoms with Crippen molar-refractivity contribution in [2.24, 2.45) is 0 Å². The summed E-state index contributed by atoms with van der Waals surface area (Å²) in [7, 11) is 0. The molecule has 0 aliphatic rings. The molecule has 84 heavy (non-hydrogen) atoms. The topological polar surface area (TPSA) is 95.9 Å². The lowest BCUT2D eigenvalue weighted by Gasteiger charge is -2.22. The molecule has 0 fully saturated rings. The van der Waals surface area contributed by atoms with Crippen LogP contribution < -0.4 is 5.32 Å². The van der Waals surface area contributed by atoms with Crippen LogP contribution in [-0.2, 0) is 14.3 Å². The fraction of sp³-hybridized carbons (Fsp3) is 0.949. The van der Waals surface area contributed by atoms with Crippen molar-refractivity contribution in [2.45, 2.75) is 463 Å². The molecule has 6 nitrogen and oxygen atoms in total. The Balaban J connectivity index is 3.37. The number of amides is 1. The molecular formula is C78H153NO5. The number of carbonyl (C=O) groups is 2. The maximum absolute atomic E-state index is 12.6. The van der Waals surface area contributed by atoms with Crippen LogP contribution in [0.25, 0.3) is 0 Å². The highest BCUT2D eigenvalue weighted by Crippen LogP contribution is 2.20. The minimum atomic E-state index is -0.667. The Kier molecular flexibility index (Phi) is 72.8. The molecule has 0 aromatic rings. The molecule has 0 aromatic heterocycles. The van der Waals surface area contributed by atoms with E-state index in [-0.39, 0.29) is 18.5 Å². The van der Waals surface area contributed by atoms with Crippen LogP contribution >= 0.6 is 0 Å². The summed E-state index contributed by atoms with van der Waals surface area (Å²) >= 11 is 0. The molecule has 2 atom stereocenters. The zero-order valence-electron chi connectivity index (χ0n) is 57.4. The van der Waals surface area contributed by atoms with E-state index in [1.54, 1.807) is 0 Å². The molecule has 0 saturated carbocycles. The minimum absolute atomic E-state index is 0.0193. The van der Waals surface area contributed by atoms with Crippen molar-refractivity contribution >= 4 is 11.9 Å². The number of hydrogen-bond acceptors (Lipinski definition) is 5. The van der Waals surface area contributed by atoms with E-state index < -0.39 is 12.1 Å². The van der Waals surface area contributed by atoms with Gasteiger partial charge in [-0.05, 0) is 51.4 Å². The minimum Gasteiger partial charge on any atom is -0.466 e. The Labute approximate surface area is 527 Å². The summed E-state index contributed by atoms with van der Waals surface area (Å²) in [5.74, 6) is -0.0115. The lowest BCUT2D eigenvalue weighted by atomic mass is 10.0. The number of allylic oxidation sites excluding steroid dienone is 2. The Bertz CT molecular complexity index is 1270. The Morgan fingerprint density at radius 2 is 0.560 bits per heavy atom. The molecule has 0 radical (unpaired) electrons. The second-order valence-corrected chi connectivity index (χ2v) is 27.0. The number of aliphatic hydroxyl groups excluding tert-OH is 2. The number of ether oxygens (including phenoxy) is 1. The summed E-state index contributed by atoms with van der Waals surface area (Å²) in [6.45, 7) is 5.01. The molecule has 3 N–H and O–H groups in total. The van der Waals surface area contributed by atoms with E-state index in [4.69, 9.17) is 4.74 Å². The van der Waals surface area contributed by atoms with Gasteiger partial charge in [-0.1, -0.05) is 398 Å². The van der Waals surface area contributed by atoms with Gasteiger partial charge in [0.25, 0.3) is 0 Å². The highest BCUT2D eigenvalue weighted by molar-refractivity contribution is 5.76. The van der Waals surface area contributed by atoms with E-state index in [9.17, 15) is 19.8 Å². The highest BCUT2D eigenvalue weighted by atomic mass is 16.5. The van der Waals surface area contributed by atoms with E-state index in [0.717, 1.165) is 38.5 Å². The Morgan fingerprint density at radius 1 is 0.321 bits per heavy atom. The van der Waals surface area contributed by atoms with Gasteiger partial charge in [-0.3, -0.25) is 9.59 Å². The van der Waals surface area contributed by atoms with Gasteiger partial charge in [0.05, 0.1) is 25.4 Å². The molecule has 0 aliphatic heterocycles. The maximum Gasteiger partial charge on any atom is 0.305 e. The second-order valence-electron chi connectivity index (χ2n) is 27.0. The molecule has 2 unspecified atom stereocenters. The molecule has 6 heteroatoms. The van der Waals surface area contributed by atoms with Crippen molar-refractivity contribution in [3.05, 3.63) is 12.2 Å². The molecule has 0 heterocycles. The standard InChI is InChI=1S/C78H153NO5/c1-3-5-7-9-11-13-15-17-19-21-22-23-24-27-30-33-36-39-42-46-50-54-58-62-66-70-76(81)75(74-80)79-77(82)71-67-63-59-55-51-47-43-40-37-34-31-28-25-26-29-32-35-38-41-45-49-53-57-61-65-69-73-84-78(83)72-68-64-60-56-52-48-44-20-18-16-14-12-10-8-6-4-2/h25,28,75-76,80-81H,3-24,26-27,29-74H2,1-2H3,(H,79,82)/b28-25-. The molecular weight excluding hydrogens is 1030 g/mol. The maximum atomic E-state index is 12.6. The third kappa shape index (κ3) is 69.7. The van der Waals surface area contributed by atoms with Crippen molar-refractivity contribution in [2.75, 3.05) is 13.2 Å². The average molecular weight is 1190 g/mol. The number of unbranched alkanes of at least 4 members (excludes halogenated alkanes) is 61. The average Bonchev–Trinajstić information content (AvgIpc) is 3.51. The van der Waals surface area contributed by atoms with E-state index in [2.05, 4.69) is 31.3 Å². The van der Waals surface area contributed by atoms with Gasteiger partial charge in [0.1, 0.15) is 0 Å². The summed E-state index contributed by atoms with van der Waals surface area (Å²) in [6.07, 6.45) is 92.9. The van der Waals surface area contributed by atoms with Crippen molar-refractivity contribution in [3.8, 4) is 0 Å². The van der Waals surface area contributed by atoms with E-state index in [1.807, 2.05) is 0 Å². The predicted molar refractivity (Wildman–Crippen MR) is 370 cm³/mol. The first-order valence-corrected chi connectivity index (χ1v) is 38.9. The van der Waals surface area contributed by atoms with Crippen LogP contribution in [0, 0.1) is 0 Å². The summed E-state index contributed by atoms with van der Waals surface area (Å²) in [5, 5.41) is 23.5. The van der Waals surface area contributed by atoms with Gasteiger partial charge in [0.15, 0.2) is 0 Å². The second kappa shape index (κ2) is 74.1. The largest absolute Gasteiger partial charge is 0.466 e. The Hall–Kier alpha value is -1.40. The molecule has 0 aliphatic carbocycles. The van der Waals surface area contributed by atoms with Crippen LogP contribution in [-0.4, -0.2) is 47.4 Å². The van der Waals surface area contributed by atoms with Crippen molar-refractivity contribution < 1.29 is 24.5 Å². The Morgan fingerprint density at radius 3 is 0.845 bits per heavy atom. The van der Waals surface area contributed by atoms with Crippen LogP contribution in [0.3, 0.4) is 0 Å². The zero-order chi connectivity index (χ0) is 60.6. The molecule has 0 saturated heterocycles. The van der Waals surface area contributed by atoms with Gasteiger partial charge in [0, 0.05) is 12.8 Å². The monoisotopic (exact) mass is 1180 g/mol. The van der Waals surface area contributed by atoms with Crippen molar-refractivity contribution in [1.82, 2.24) is 5.32 Å². The van der Waals surface area contributed by atoms with E-state index in [0.29, 0.717) is 25.9 Å². The number of hydrogen-bond donors (Lipinski definition) is 3. The normalized spacial score (nSPS) is 12.5. The highest BCUT2D eigenvalue weighted by Gasteiger charge is 2.20. The summed E-state index contributed by atoms with van der Waals surface area (Å²) in [5.41, 5.74) is 0. The predicted octanol–water partition coefficient (Wildman–Crippen LogP) is 25.5. The summed E-state index contributed by atoms with van der Waals surface area (Å²) in [4.78, 5) is 24.7. The lowest BCUT2D eigenvalue weighted by molar-refractivity contribution is -0.143. The number of carbonyl (C=O) groups excluding carboxylic acids is 2. The molecule has 0 spiro atoms. The molecule has 0 rings (SSSR count). The number of rotatable bonds is 74. The van der Waals surface area contributed by atoms with E-state index in [1.165, 1.54) is 379 Å². The third-order valence-electron chi connectivity index (χ3n) is 18.6. The fourth-order valence-corrected chi connectivity index (χ4v) is 12.6. The smallest absolute Gasteiger partial charge is 0.305 e. The van der Waals surface area contributed by atoms with Crippen molar-refractivity contribution in [1.29, 1.82) is 0 Å². The first-order chi connectivity index (χ1) is 41.5. The van der Waals surface area contributed by atoms with Crippen LogP contribution in [0.1, 0.15) is 450 Å². The molecule has 0 bridgehead atoms. The SMILES string of the molecule is CCCCCCCCCCCCCCCCCCCCCCCCCCCC(O)C(CO)NC(=O)CCCCCCCCCCCC/C=C\CCCCCCCCCCCCCCOC(=O)CCCCCCCCCCCCCCCCCC. The zero-order valence-corrected chi connectivity index (χ0v) is 57.4. The summed E-state index contributed by atoms with van der Waals surface area (Å²) < 4.78 is 5.51.